The Hall–Kier alpha value is -0.500. The Bertz CT molecular complexity index is 994. The van der Waals surface area contributed by atoms with Crippen LogP contribution in [-0.4, -0.2) is 68.5 Å². The number of hydrogen-bond donors (Lipinski definition) is 2. The highest BCUT2D eigenvalue weighted by Crippen LogP contribution is 2.38. The molecule has 0 saturated heterocycles. The number of nitrogens with zero attached hydrogens (tertiary/aromatic N) is 1. The van der Waals surface area contributed by atoms with Crippen LogP contribution in [0.2, 0.25) is 0 Å². The third kappa shape index (κ3) is 49.2. The van der Waals surface area contributed by atoms with E-state index in [2.05, 4.69) is 19.2 Å². The predicted octanol–water partition coefficient (Wildman–Crippen LogP) is 15.9. The van der Waals surface area contributed by atoms with Crippen LogP contribution in [0.3, 0.4) is 0 Å². The van der Waals surface area contributed by atoms with E-state index in [-0.39, 0.29) is 19.1 Å². The number of aliphatic hydroxyl groups is 1. The molecule has 3 atom stereocenters. The molecule has 0 radical (unpaired) electrons. The summed E-state index contributed by atoms with van der Waals surface area (Å²) in [5, 5.41) is 13.8. The maximum atomic E-state index is 12.8. The molecule has 0 aromatic heterocycles. The summed E-state index contributed by atoms with van der Waals surface area (Å²) >= 11 is 0. The molecule has 1 amide bonds. The van der Waals surface area contributed by atoms with Crippen LogP contribution in [0.4, 0.5) is 0 Å². The number of phosphoric acid groups is 1. The highest BCUT2D eigenvalue weighted by atomic mass is 31.2. The zero-order valence-corrected chi connectivity index (χ0v) is 44.0. The largest absolute Gasteiger partial charge is 0.756 e. The summed E-state index contributed by atoms with van der Waals surface area (Å²) in [5.74, 6) is -0.164. The molecule has 3 unspecified atom stereocenters. The van der Waals surface area contributed by atoms with Crippen LogP contribution in [0.1, 0.15) is 290 Å². The molecule has 0 aliphatic heterocycles. The zero-order valence-electron chi connectivity index (χ0n) is 43.1. The number of aliphatic hydroxyl groups excluding tert-OH is 1. The Balaban J connectivity index is 3.71. The topological polar surface area (TPSA) is 108 Å². The van der Waals surface area contributed by atoms with Gasteiger partial charge in [0, 0.05) is 6.42 Å². The number of quaternary nitrogens is 1. The first-order valence-corrected chi connectivity index (χ1v) is 29.3. The molecule has 8 nitrogen and oxygen atoms in total. The van der Waals surface area contributed by atoms with Gasteiger partial charge in [0.2, 0.25) is 5.91 Å². The molecule has 0 aromatic carbocycles. The first kappa shape index (κ1) is 62.5. The first-order chi connectivity index (χ1) is 30.5. The minimum Gasteiger partial charge on any atom is -0.756 e. The summed E-state index contributed by atoms with van der Waals surface area (Å²) in [4.78, 5) is 25.2. The third-order valence-electron chi connectivity index (χ3n) is 13.1. The molecule has 0 bridgehead atoms. The van der Waals surface area contributed by atoms with Crippen LogP contribution in [0, 0.1) is 0 Å². The van der Waals surface area contributed by atoms with Gasteiger partial charge < -0.3 is 28.8 Å². The quantitative estimate of drug-likeness (QED) is 0.0357. The molecule has 9 heteroatoms. The van der Waals surface area contributed by atoms with Crippen molar-refractivity contribution < 1.29 is 32.9 Å². The summed E-state index contributed by atoms with van der Waals surface area (Å²) in [5.41, 5.74) is 0. The number of nitrogens with one attached hydrogen (secondary N) is 1. The fourth-order valence-corrected chi connectivity index (χ4v) is 9.41. The summed E-state index contributed by atoms with van der Waals surface area (Å²) in [6, 6.07) is -0.791. The van der Waals surface area contributed by atoms with Crippen LogP contribution >= 0.6 is 7.82 Å². The predicted molar refractivity (Wildman–Crippen MR) is 270 cm³/mol. The minimum absolute atomic E-state index is 0.0152. The molecular formula is C54H111N2O6P. The molecule has 63 heavy (non-hydrogen) atoms. The van der Waals surface area contributed by atoms with E-state index >= 15 is 0 Å². The second kappa shape index (κ2) is 46.6. The molecule has 0 rings (SSSR count). The molecule has 2 N–H and O–H groups in total. The zero-order chi connectivity index (χ0) is 46.4. The van der Waals surface area contributed by atoms with Gasteiger partial charge in [-0.25, -0.2) is 0 Å². The van der Waals surface area contributed by atoms with Gasteiger partial charge in [-0.15, -0.1) is 0 Å². The van der Waals surface area contributed by atoms with Crippen molar-refractivity contribution >= 4 is 13.7 Å². The molecular weight excluding hydrogens is 804 g/mol. The number of carbonyl (C=O) groups excluding carboxylic acids is 1. The molecule has 0 aliphatic rings. The summed E-state index contributed by atoms with van der Waals surface area (Å²) < 4.78 is 23.2. The van der Waals surface area contributed by atoms with Crippen molar-refractivity contribution in [2.75, 3.05) is 40.9 Å². The van der Waals surface area contributed by atoms with E-state index in [0.29, 0.717) is 23.9 Å². The Kier molecular flexibility index (Phi) is 46.2. The van der Waals surface area contributed by atoms with Crippen molar-refractivity contribution in [1.82, 2.24) is 5.32 Å². The van der Waals surface area contributed by atoms with Crippen LogP contribution < -0.4 is 10.2 Å². The van der Waals surface area contributed by atoms with Gasteiger partial charge in [0.1, 0.15) is 13.2 Å². The second-order valence-electron chi connectivity index (χ2n) is 20.7. The van der Waals surface area contributed by atoms with Crippen LogP contribution in [-0.2, 0) is 18.4 Å². The summed E-state index contributed by atoms with van der Waals surface area (Å²) in [7, 11) is 1.32. The van der Waals surface area contributed by atoms with Crippen molar-refractivity contribution in [3.05, 3.63) is 0 Å². The average molecular weight is 915 g/mol. The fraction of sp³-hybridized carbons (Fsp3) is 0.981. The van der Waals surface area contributed by atoms with E-state index in [0.717, 1.165) is 38.5 Å². The Labute approximate surface area is 393 Å². The lowest BCUT2D eigenvalue weighted by molar-refractivity contribution is -0.870. The maximum Gasteiger partial charge on any atom is 0.268 e. The number of rotatable bonds is 52. The van der Waals surface area contributed by atoms with E-state index in [1.807, 2.05) is 21.1 Å². The van der Waals surface area contributed by atoms with E-state index in [1.165, 1.54) is 225 Å². The Morgan fingerprint density at radius 1 is 0.492 bits per heavy atom. The monoisotopic (exact) mass is 915 g/mol. The molecule has 0 fully saturated rings. The number of unbranched alkanes of at least 4 members (excludes halogenated alkanes) is 39. The van der Waals surface area contributed by atoms with Crippen molar-refractivity contribution in [3.63, 3.8) is 0 Å². The van der Waals surface area contributed by atoms with Gasteiger partial charge in [0.05, 0.1) is 39.9 Å². The van der Waals surface area contributed by atoms with E-state index in [4.69, 9.17) is 9.05 Å². The van der Waals surface area contributed by atoms with Crippen molar-refractivity contribution in [1.29, 1.82) is 0 Å². The molecule has 378 valence electrons. The smallest absolute Gasteiger partial charge is 0.268 e. The highest BCUT2D eigenvalue weighted by Gasteiger charge is 2.24. The molecule has 0 spiro atoms. The van der Waals surface area contributed by atoms with E-state index < -0.39 is 20.0 Å². The SMILES string of the molecule is CCCCCCCCCCCCCCCCCCCCCCCCCCCCCCCCCCCCCC(=O)NC(COP(=O)([O-])OCC[N+](C)(C)C)C(O)CCCCCCCC. The van der Waals surface area contributed by atoms with Crippen molar-refractivity contribution in [2.45, 2.75) is 302 Å². The first-order valence-electron chi connectivity index (χ1n) is 27.9. The maximum absolute atomic E-state index is 12.8. The fourth-order valence-electron chi connectivity index (χ4n) is 8.69. The molecule has 0 saturated carbocycles. The van der Waals surface area contributed by atoms with Crippen molar-refractivity contribution in [2.24, 2.45) is 0 Å². The van der Waals surface area contributed by atoms with Crippen molar-refractivity contribution in [3.8, 4) is 0 Å². The van der Waals surface area contributed by atoms with Crippen LogP contribution in [0.25, 0.3) is 0 Å². The standard InChI is InChI=1S/C54H111N2O6P/c1-6-8-10-12-14-15-16-17-18-19-20-21-22-23-24-25-26-27-28-29-30-31-32-33-34-35-36-37-38-39-40-41-42-44-46-48-54(58)55-52(53(57)47-45-43-13-11-9-7-2)51-62-63(59,60)61-50-49-56(3,4)5/h52-53,57H,6-51H2,1-5H3,(H-,55,58,59,60). The average Bonchev–Trinajstić information content (AvgIpc) is 3.24. The second-order valence-corrected chi connectivity index (χ2v) is 22.1. The van der Waals surface area contributed by atoms with E-state index in [9.17, 15) is 19.4 Å². The summed E-state index contributed by atoms with van der Waals surface area (Å²) in [6.45, 7) is 4.69. The summed E-state index contributed by atoms with van der Waals surface area (Å²) in [6.07, 6.45) is 54.9. The lowest BCUT2D eigenvalue weighted by Gasteiger charge is -2.30. The van der Waals surface area contributed by atoms with Gasteiger partial charge in [0.15, 0.2) is 0 Å². The number of phosphoric ester groups is 1. The lowest BCUT2D eigenvalue weighted by Crippen LogP contribution is -2.46. The van der Waals surface area contributed by atoms with Gasteiger partial charge in [-0.3, -0.25) is 9.36 Å². The molecule has 0 aromatic rings. The van der Waals surface area contributed by atoms with Crippen LogP contribution in [0.15, 0.2) is 0 Å². The molecule has 0 heterocycles. The van der Waals surface area contributed by atoms with Gasteiger partial charge >= 0.3 is 0 Å². The lowest BCUT2D eigenvalue weighted by atomic mass is 10.0. The molecule has 0 aliphatic carbocycles. The van der Waals surface area contributed by atoms with Crippen LogP contribution in [0.5, 0.6) is 0 Å². The van der Waals surface area contributed by atoms with Gasteiger partial charge in [-0.1, -0.05) is 271 Å². The van der Waals surface area contributed by atoms with Gasteiger partial charge in [0.25, 0.3) is 7.82 Å². The Morgan fingerprint density at radius 2 is 0.778 bits per heavy atom. The highest BCUT2D eigenvalue weighted by molar-refractivity contribution is 7.45. The number of hydrogen-bond acceptors (Lipinski definition) is 6. The minimum atomic E-state index is -4.55. The number of likely N-dealkylation sites (N-methyl/N-ethyl adjacent to an activating group) is 1. The third-order valence-corrected chi connectivity index (χ3v) is 14.1. The number of carbonyl (C=O) groups is 1. The normalized spacial score (nSPS) is 14.0. The van der Waals surface area contributed by atoms with Gasteiger partial charge in [-0.05, 0) is 12.8 Å². The Morgan fingerprint density at radius 3 is 1.08 bits per heavy atom. The number of amides is 1. The van der Waals surface area contributed by atoms with E-state index in [1.54, 1.807) is 0 Å². The van der Waals surface area contributed by atoms with Gasteiger partial charge in [-0.2, -0.15) is 0 Å².